The second-order valence-electron chi connectivity index (χ2n) is 3.62. The van der Waals surface area contributed by atoms with E-state index in [9.17, 15) is 5.11 Å². The number of hydrogen-bond acceptors (Lipinski definition) is 5. The van der Waals surface area contributed by atoms with E-state index in [2.05, 4.69) is 15.0 Å². The first-order valence-electron chi connectivity index (χ1n) is 5.17. The van der Waals surface area contributed by atoms with Gasteiger partial charge in [0.05, 0.1) is 12.8 Å². The van der Waals surface area contributed by atoms with Crippen LogP contribution in [-0.4, -0.2) is 27.2 Å². The molecule has 2 rings (SSSR count). The van der Waals surface area contributed by atoms with Gasteiger partial charge in [0.25, 0.3) is 0 Å². The van der Waals surface area contributed by atoms with Gasteiger partial charge in [0, 0.05) is 23.5 Å². The van der Waals surface area contributed by atoms with E-state index in [4.69, 9.17) is 4.74 Å². The molecule has 0 radical (unpaired) electrons. The average molecular weight is 231 g/mol. The van der Waals surface area contributed by atoms with Crippen molar-refractivity contribution in [1.29, 1.82) is 0 Å². The van der Waals surface area contributed by atoms with Gasteiger partial charge >= 0.3 is 0 Å². The molecule has 2 aromatic heterocycles. The molecule has 0 aliphatic rings. The van der Waals surface area contributed by atoms with Crippen molar-refractivity contribution in [3.8, 4) is 5.88 Å². The van der Waals surface area contributed by atoms with Crippen LogP contribution in [0.4, 0.5) is 0 Å². The molecule has 5 nitrogen and oxygen atoms in total. The number of nitrogens with zero attached hydrogens (tertiary/aromatic N) is 3. The maximum Gasteiger partial charge on any atom is 0.216 e. The molecule has 1 unspecified atom stereocenters. The highest BCUT2D eigenvalue weighted by molar-refractivity contribution is 5.26. The largest absolute Gasteiger partial charge is 0.481 e. The van der Waals surface area contributed by atoms with Crippen LogP contribution in [0.25, 0.3) is 0 Å². The zero-order valence-electron chi connectivity index (χ0n) is 9.66. The minimum Gasteiger partial charge on any atom is -0.481 e. The van der Waals surface area contributed by atoms with Gasteiger partial charge < -0.3 is 9.84 Å². The van der Waals surface area contributed by atoms with Gasteiger partial charge in [-0.3, -0.25) is 4.98 Å². The highest BCUT2D eigenvalue weighted by Gasteiger charge is 2.13. The van der Waals surface area contributed by atoms with E-state index in [0.717, 1.165) is 5.69 Å². The maximum absolute atomic E-state index is 10.1. The Bertz CT molecular complexity index is 499. The van der Waals surface area contributed by atoms with Crippen molar-refractivity contribution < 1.29 is 9.84 Å². The van der Waals surface area contributed by atoms with Crippen LogP contribution in [0, 0.1) is 6.92 Å². The predicted molar refractivity (Wildman–Crippen MR) is 61.6 cm³/mol. The van der Waals surface area contributed by atoms with Gasteiger partial charge in [-0.1, -0.05) is 6.07 Å². The van der Waals surface area contributed by atoms with Gasteiger partial charge in [0.1, 0.15) is 12.4 Å². The molecule has 0 bridgehead atoms. The minimum atomic E-state index is -0.819. The number of aliphatic hydroxyl groups is 1. The summed E-state index contributed by atoms with van der Waals surface area (Å²) in [7, 11) is 1.52. The molecule has 0 aromatic carbocycles. The van der Waals surface area contributed by atoms with Crippen molar-refractivity contribution in [2.75, 3.05) is 7.11 Å². The maximum atomic E-state index is 10.1. The molecule has 0 amide bonds. The van der Waals surface area contributed by atoms with Crippen molar-refractivity contribution in [3.05, 3.63) is 47.7 Å². The predicted octanol–water partition coefficient (Wildman–Crippen LogP) is 1.27. The number of aromatic nitrogens is 3. The Hall–Kier alpha value is -2.01. The fraction of sp³-hybridized carbons (Fsp3) is 0.250. The van der Waals surface area contributed by atoms with Crippen LogP contribution in [0.1, 0.15) is 23.1 Å². The summed E-state index contributed by atoms with van der Waals surface area (Å²) < 4.78 is 4.98. The molecule has 0 spiro atoms. The van der Waals surface area contributed by atoms with Crippen LogP contribution in [0.5, 0.6) is 5.88 Å². The van der Waals surface area contributed by atoms with Crippen LogP contribution in [-0.2, 0) is 0 Å². The third-order valence-electron chi connectivity index (χ3n) is 2.40. The van der Waals surface area contributed by atoms with Crippen molar-refractivity contribution in [3.63, 3.8) is 0 Å². The zero-order valence-corrected chi connectivity index (χ0v) is 9.66. The van der Waals surface area contributed by atoms with Crippen molar-refractivity contribution in [2.24, 2.45) is 0 Å². The second kappa shape index (κ2) is 4.88. The molecular formula is C12H13N3O2. The van der Waals surface area contributed by atoms with Crippen LogP contribution in [0.2, 0.25) is 0 Å². The SMILES string of the molecule is COc1cc(C(O)c2ccc(C)nc2)ncn1. The molecule has 17 heavy (non-hydrogen) atoms. The second-order valence-corrected chi connectivity index (χ2v) is 3.62. The average Bonchev–Trinajstić information content (AvgIpc) is 2.39. The van der Waals surface area contributed by atoms with Crippen LogP contribution in [0.15, 0.2) is 30.7 Å². The first kappa shape index (κ1) is 11.5. The topological polar surface area (TPSA) is 68.1 Å². The first-order valence-corrected chi connectivity index (χ1v) is 5.17. The smallest absolute Gasteiger partial charge is 0.216 e. The molecule has 2 aromatic rings. The molecule has 1 N–H and O–H groups in total. The Morgan fingerprint density at radius 3 is 2.71 bits per heavy atom. The van der Waals surface area contributed by atoms with E-state index < -0.39 is 6.10 Å². The Labute approximate surface area is 99.2 Å². The number of methoxy groups -OCH3 is 1. The van der Waals surface area contributed by atoms with Crippen LogP contribution >= 0.6 is 0 Å². The molecule has 0 aliphatic heterocycles. The van der Waals surface area contributed by atoms with E-state index in [1.807, 2.05) is 19.1 Å². The van der Waals surface area contributed by atoms with Gasteiger partial charge in [-0.25, -0.2) is 9.97 Å². The lowest BCUT2D eigenvalue weighted by Crippen LogP contribution is -2.04. The third kappa shape index (κ3) is 2.57. The Morgan fingerprint density at radius 1 is 1.24 bits per heavy atom. The Kier molecular flexibility index (Phi) is 3.30. The van der Waals surface area contributed by atoms with Crippen LogP contribution < -0.4 is 4.74 Å². The third-order valence-corrected chi connectivity index (χ3v) is 2.40. The van der Waals surface area contributed by atoms with Crippen molar-refractivity contribution >= 4 is 0 Å². The summed E-state index contributed by atoms with van der Waals surface area (Å²) in [5.41, 5.74) is 2.08. The Morgan fingerprint density at radius 2 is 2.06 bits per heavy atom. The van der Waals surface area contributed by atoms with E-state index >= 15 is 0 Å². The van der Waals surface area contributed by atoms with Gasteiger partial charge in [0.15, 0.2) is 0 Å². The molecule has 0 saturated heterocycles. The number of aryl methyl sites for hydroxylation is 1. The van der Waals surface area contributed by atoms with Gasteiger partial charge in [-0.05, 0) is 13.0 Å². The Balaban J connectivity index is 2.29. The number of aliphatic hydroxyl groups excluding tert-OH is 1. The number of rotatable bonds is 3. The molecule has 1 atom stereocenters. The van der Waals surface area contributed by atoms with E-state index in [1.54, 1.807) is 12.3 Å². The summed E-state index contributed by atoms with van der Waals surface area (Å²) >= 11 is 0. The van der Waals surface area contributed by atoms with Crippen LogP contribution in [0.3, 0.4) is 0 Å². The fourth-order valence-electron chi connectivity index (χ4n) is 1.43. The standard InChI is InChI=1S/C12H13N3O2/c1-8-3-4-9(6-13-8)12(16)10-5-11(17-2)15-7-14-10/h3-7,12,16H,1-2H3. The van der Waals surface area contributed by atoms with E-state index in [1.165, 1.54) is 13.4 Å². The normalized spacial score (nSPS) is 12.2. The molecule has 2 heterocycles. The quantitative estimate of drug-likeness (QED) is 0.861. The van der Waals surface area contributed by atoms with Gasteiger partial charge in [-0.15, -0.1) is 0 Å². The number of ether oxygens (including phenoxy) is 1. The van der Waals surface area contributed by atoms with Crippen molar-refractivity contribution in [1.82, 2.24) is 15.0 Å². The van der Waals surface area contributed by atoms with E-state index in [-0.39, 0.29) is 0 Å². The van der Waals surface area contributed by atoms with E-state index in [0.29, 0.717) is 17.1 Å². The molecule has 5 heteroatoms. The summed E-state index contributed by atoms with van der Waals surface area (Å²) in [5.74, 6) is 0.425. The number of hydrogen-bond donors (Lipinski definition) is 1. The van der Waals surface area contributed by atoms with Crippen molar-refractivity contribution in [2.45, 2.75) is 13.0 Å². The summed E-state index contributed by atoms with van der Waals surface area (Å²) in [4.78, 5) is 12.0. The first-order chi connectivity index (χ1) is 8.20. The summed E-state index contributed by atoms with van der Waals surface area (Å²) in [6, 6.07) is 5.27. The van der Waals surface area contributed by atoms with Gasteiger partial charge in [0.2, 0.25) is 5.88 Å². The molecule has 0 fully saturated rings. The fourth-order valence-corrected chi connectivity index (χ4v) is 1.43. The molecule has 0 aliphatic carbocycles. The zero-order chi connectivity index (χ0) is 12.3. The molecular weight excluding hydrogens is 218 g/mol. The van der Waals surface area contributed by atoms with Gasteiger partial charge in [-0.2, -0.15) is 0 Å². The molecule has 0 saturated carbocycles. The summed E-state index contributed by atoms with van der Waals surface area (Å²) in [5, 5.41) is 10.1. The minimum absolute atomic E-state index is 0.425. The summed E-state index contributed by atoms with van der Waals surface area (Å²) in [6.07, 6.45) is 2.17. The highest BCUT2D eigenvalue weighted by Crippen LogP contribution is 2.21. The lowest BCUT2D eigenvalue weighted by molar-refractivity contribution is 0.214. The lowest BCUT2D eigenvalue weighted by atomic mass is 10.1. The lowest BCUT2D eigenvalue weighted by Gasteiger charge is -2.10. The highest BCUT2D eigenvalue weighted by atomic mass is 16.5. The molecule has 88 valence electrons. The number of pyridine rings is 1. The monoisotopic (exact) mass is 231 g/mol. The summed E-state index contributed by atoms with van der Waals surface area (Å²) in [6.45, 7) is 1.89.